The molecule has 7 nitrogen and oxygen atoms in total. The number of nitrogens with one attached hydrogen (secondary N) is 1. The molecule has 1 aliphatic heterocycles. The van der Waals surface area contributed by atoms with E-state index in [1.54, 1.807) is 23.5 Å². The van der Waals surface area contributed by atoms with Crippen molar-refractivity contribution in [2.24, 2.45) is 0 Å². The summed E-state index contributed by atoms with van der Waals surface area (Å²) in [5.74, 6) is -0.982. The fourth-order valence-electron chi connectivity index (χ4n) is 3.16. The van der Waals surface area contributed by atoms with Gasteiger partial charge < -0.3 is 20.1 Å². The molecule has 0 saturated carbocycles. The maximum absolute atomic E-state index is 12.8. The number of rotatable bonds is 7. The second-order valence-corrected chi connectivity index (χ2v) is 9.37. The molecule has 0 saturated heterocycles. The zero-order valence-electron chi connectivity index (χ0n) is 16.4. The van der Waals surface area contributed by atoms with Crippen LogP contribution >= 0.6 is 34.7 Å². The lowest BCUT2D eigenvalue weighted by atomic mass is 10.2. The molecule has 10 heteroatoms. The number of thiazole rings is 1. The second-order valence-electron chi connectivity index (χ2n) is 6.61. The molecule has 0 aliphatic carbocycles. The summed E-state index contributed by atoms with van der Waals surface area (Å²) in [6.45, 7) is -0.0218. The summed E-state index contributed by atoms with van der Waals surface area (Å²) >= 11 is 9.22. The van der Waals surface area contributed by atoms with Crippen molar-refractivity contribution in [2.45, 2.75) is 9.24 Å². The van der Waals surface area contributed by atoms with Gasteiger partial charge in [-0.15, -0.1) is 11.3 Å². The van der Waals surface area contributed by atoms with E-state index < -0.39 is 5.97 Å². The number of fused-ring (bicyclic) bond motifs is 1. The number of nitrogens with zero attached hydrogens (tertiary/aromatic N) is 2. The number of halogens is 1. The van der Waals surface area contributed by atoms with Crippen molar-refractivity contribution in [1.29, 1.82) is 0 Å². The zero-order chi connectivity index (χ0) is 22.0. The van der Waals surface area contributed by atoms with Crippen LogP contribution in [0.15, 0.2) is 63.0 Å². The highest BCUT2D eigenvalue weighted by Crippen LogP contribution is 2.39. The molecule has 3 aromatic rings. The highest BCUT2D eigenvalue weighted by atomic mass is 35.5. The average Bonchev–Trinajstić information content (AvgIpc) is 3.31. The van der Waals surface area contributed by atoms with Crippen molar-refractivity contribution in [3.05, 3.63) is 58.8 Å². The summed E-state index contributed by atoms with van der Waals surface area (Å²) in [5, 5.41) is 12.8. The number of carbonyl (C=O) groups is 2. The molecule has 2 N–H and O–H groups in total. The molecule has 4 rings (SSSR count). The van der Waals surface area contributed by atoms with Crippen molar-refractivity contribution >= 4 is 62.5 Å². The predicted molar refractivity (Wildman–Crippen MR) is 122 cm³/mol. The maximum atomic E-state index is 12.8. The number of carbonyl (C=O) groups excluding carboxylic acids is 2. The first-order valence-electron chi connectivity index (χ1n) is 9.31. The Kier molecular flexibility index (Phi) is 6.47. The fourth-order valence-corrected chi connectivity index (χ4v) is 5.42. The molecule has 1 aliphatic rings. The SMILES string of the molecule is COC(=O)C1=C(Nc2cc(Cl)ccc2Sc2nc3ccccc3s2)C(=O)N(CCO)C1. The van der Waals surface area contributed by atoms with E-state index in [-0.39, 0.29) is 36.9 Å². The van der Waals surface area contributed by atoms with Crippen LogP contribution in [-0.4, -0.2) is 53.7 Å². The van der Waals surface area contributed by atoms with Crippen molar-refractivity contribution in [3.63, 3.8) is 0 Å². The van der Waals surface area contributed by atoms with Gasteiger partial charge in [0.25, 0.3) is 5.91 Å². The molecule has 2 heterocycles. The average molecular weight is 476 g/mol. The van der Waals surface area contributed by atoms with Crippen LogP contribution in [0.25, 0.3) is 10.2 Å². The number of amides is 1. The Balaban J connectivity index is 1.68. The predicted octanol–water partition coefficient (Wildman–Crippen LogP) is 3.77. The lowest BCUT2D eigenvalue weighted by Gasteiger charge is -2.16. The number of aliphatic hydroxyl groups is 1. The number of aliphatic hydroxyl groups excluding tert-OH is 1. The van der Waals surface area contributed by atoms with Crippen molar-refractivity contribution in [3.8, 4) is 0 Å². The quantitative estimate of drug-likeness (QED) is 0.502. The molecule has 1 amide bonds. The lowest BCUT2D eigenvalue weighted by molar-refractivity contribution is -0.136. The van der Waals surface area contributed by atoms with Gasteiger partial charge in [0.15, 0.2) is 4.34 Å². The van der Waals surface area contributed by atoms with Crippen LogP contribution in [0.2, 0.25) is 5.02 Å². The number of benzene rings is 2. The third-order valence-corrected chi connectivity index (χ3v) is 7.03. The van der Waals surface area contributed by atoms with Crippen LogP contribution in [0, 0.1) is 0 Å². The van der Waals surface area contributed by atoms with Gasteiger partial charge in [-0.05, 0) is 30.3 Å². The highest BCUT2D eigenvalue weighted by Gasteiger charge is 2.34. The van der Waals surface area contributed by atoms with Crippen molar-refractivity contribution in [1.82, 2.24) is 9.88 Å². The number of methoxy groups -OCH3 is 1. The Morgan fingerprint density at radius 3 is 2.90 bits per heavy atom. The first-order valence-corrected chi connectivity index (χ1v) is 11.3. The molecule has 0 bridgehead atoms. The molecular weight excluding hydrogens is 458 g/mol. The van der Waals surface area contributed by atoms with Gasteiger partial charge in [-0.3, -0.25) is 4.79 Å². The maximum Gasteiger partial charge on any atom is 0.337 e. The molecule has 31 heavy (non-hydrogen) atoms. The normalized spacial score (nSPS) is 13.9. The summed E-state index contributed by atoms with van der Waals surface area (Å²) in [6.07, 6.45) is 0. The van der Waals surface area contributed by atoms with E-state index in [1.165, 1.54) is 23.8 Å². The van der Waals surface area contributed by atoms with E-state index in [1.807, 2.05) is 30.3 Å². The van der Waals surface area contributed by atoms with Crippen LogP contribution in [0.5, 0.6) is 0 Å². The van der Waals surface area contributed by atoms with Gasteiger partial charge in [0.2, 0.25) is 0 Å². The Labute approximate surface area is 191 Å². The molecule has 0 unspecified atom stereocenters. The van der Waals surface area contributed by atoms with Gasteiger partial charge in [0, 0.05) is 16.5 Å². The van der Waals surface area contributed by atoms with E-state index >= 15 is 0 Å². The summed E-state index contributed by atoms with van der Waals surface area (Å²) in [7, 11) is 1.26. The summed E-state index contributed by atoms with van der Waals surface area (Å²) in [5.41, 5.74) is 1.82. The Hall–Kier alpha value is -2.59. The molecule has 160 valence electrons. The standard InChI is InChI=1S/C21H18ClN3O4S2/c1-29-20(28)13-11-25(8-9-26)19(27)18(13)23-15-10-12(22)6-7-17(15)31-21-24-14-4-2-3-5-16(14)30-21/h2-7,10,23,26H,8-9,11H2,1H3. The molecular formula is C21H18ClN3O4S2. The third-order valence-electron chi connectivity index (χ3n) is 4.63. The minimum absolute atomic E-state index is 0.0648. The Morgan fingerprint density at radius 1 is 1.35 bits per heavy atom. The molecule has 0 spiro atoms. The highest BCUT2D eigenvalue weighted by molar-refractivity contribution is 8.01. The van der Waals surface area contributed by atoms with Crippen molar-refractivity contribution in [2.75, 3.05) is 32.1 Å². The first kappa shape index (κ1) is 21.6. The number of ether oxygens (including phenoxy) is 1. The summed E-state index contributed by atoms with van der Waals surface area (Å²) in [4.78, 5) is 31.9. The van der Waals surface area contributed by atoms with Crippen LogP contribution in [0.1, 0.15) is 0 Å². The Bertz CT molecular complexity index is 1160. The molecule has 0 fully saturated rings. The Morgan fingerprint density at radius 2 is 2.16 bits per heavy atom. The van der Waals surface area contributed by atoms with Crippen LogP contribution in [-0.2, 0) is 14.3 Å². The van der Waals surface area contributed by atoms with Crippen LogP contribution in [0.3, 0.4) is 0 Å². The summed E-state index contributed by atoms with van der Waals surface area (Å²) < 4.78 is 6.76. The van der Waals surface area contributed by atoms with Crippen molar-refractivity contribution < 1.29 is 19.4 Å². The number of hydrogen-bond acceptors (Lipinski definition) is 8. The largest absolute Gasteiger partial charge is 0.466 e. The number of anilines is 1. The monoisotopic (exact) mass is 475 g/mol. The summed E-state index contributed by atoms with van der Waals surface area (Å²) in [6, 6.07) is 13.2. The second kappa shape index (κ2) is 9.27. The number of hydrogen-bond donors (Lipinski definition) is 2. The minimum Gasteiger partial charge on any atom is -0.466 e. The zero-order valence-corrected chi connectivity index (χ0v) is 18.8. The van der Waals surface area contributed by atoms with Gasteiger partial charge in [0.05, 0.1) is 41.7 Å². The fraction of sp³-hybridized carbons (Fsp3) is 0.190. The van der Waals surface area contributed by atoms with E-state index in [9.17, 15) is 14.7 Å². The molecule has 0 atom stereocenters. The van der Waals surface area contributed by atoms with Gasteiger partial charge in [-0.1, -0.05) is 35.5 Å². The van der Waals surface area contributed by atoms with E-state index in [2.05, 4.69) is 10.3 Å². The lowest BCUT2D eigenvalue weighted by Crippen LogP contribution is -2.31. The number of esters is 1. The van der Waals surface area contributed by atoms with Gasteiger partial charge in [-0.25, -0.2) is 9.78 Å². The number of aromatic nitrogens is 1. The molecule has 2 aromatic carbocycles. The molecule has 0 radical (unpaired) electrons. The third kappa shape index (κ3) is 4.54. The molecule has 1 aromatic heterocycles. The van der Waals surface area contributed by atoms with E-state index in [0.717, 1.165) is 19.5 Å². The van der Waals surface area contributed by atoms with Crippen LogP contribution < -0.4 is 5.32 Å². The number of para-hydroxylation sites is 1. The van der Waals surface area contributed by atoms with Crippen LogP contribution in [0.4, 0.5) is 5.69 Å². The topological polar surface area (TPSA) is 91.8 Å². The minimum atomic E-state index is -0.598. The smallest absolute Gasteiger partial charge is 0.337 e. The van der Waals surface area contributed by atoms with Gasteiger partial charge in [0.1, 0.15) is 5.70 Å². The van der Waals surface area contributed by atoms with E-state index in [4.69, 9.17) is 16.3 Å². The van der Waals surface area contributed by atoms with E-state index in [0.29, 0.717) is 10.7 Å². The van der Waals surface area contributed by atoms with Gasteiger partial charge >= 0.3 is 5.97 Å². The van der Waals surface area contributed by atoms with Gasteiger partial charge in [-0.2, -0.15) is 0 Å². The first-order chi connectivity index (χ1) is 15.0. The number of β-amino-alcohol motifs (C(OH)–C–C–N with tert-alkyl or cyclic N) is 1.